The van der Waals surface area contributed by atoms with Crippen molar-refractivity contribution in [2.75, 3.05) is 27.4 Å². The molecule has 1 aliphatic rings. The molecule has 0 aliphatic carbocycles. The lowest BCUT2D eigenvalue weighted by Gasteiger charge is -2.25. The highest BCUT2D eigenvalue weighted by atomic mass is 16.6. The van der Waals surface area contributed by atoms with Crippen LogP contribution in [0, 0.1) is 17.0 Å². The van der Waals surface area contributed by atoms with Gasteiger partial charge >= 0.3 is 0 Å². The van der Waals surface area contributed by atoms with Gasteiger partial charge in [-0.2, -0.15) is 0 Å². The van der Waals surface area contributed by atoms with Gasteiger partial charge in [0.2, 0.25) is 0 Å². The molecule has 9 nitrogen and oxygen atoms in total. The van der Waals surface area contributed by atoms with Crippen LogP contribution in [0.4, 0.5) is 5.69 Å². The Balaban J connectivity index is 2.20. The Bertz CT molecular complexity index is 1080. The van der Waals surface area contributed by atoms with Gasteiger partial charge in [-0.05, 0) is 36.2 Å². The molecule has 0 saturated carbocycles. The third-order valence-corrected chi connectivity index (χ3v) is 5.14. The zero-order valence-electron chi connectivity index (χ0n) is 17.3. The number of aliphatic hydroxyl groups excluding tert-OH is 1. The Hall–Kier alpha value is -3.72. The van der Waals surface area contributed by atoms with E-state index in [1.54, 1.807) is 31.2 Å². The Morgan fingerprint density at radius 3 is 2.55 bits per heavy atom. The Kier molecular flexibility index (Phi) is 6.36. The predicted octanol–water partition coefficient (Wildman–Crippen LogP) is 2.98. The van der Waals surface area contributed by atoms with Gasteiger partial charge in [0.1, 0.15) is 11.5 Å². The second-order valence-electron chi connectivity index (χ2n) is 7.02. The lowest BCUT2D eigenvalue weighted by atomic mass is 9.94. The van der Waals surface area contributed by atoms with Gasteiger partial charge in [0.05, 0.1) is 30.3 Å². The third kappa shape index (κ3) is 4.13. The maximum Gasteiger partial charge on any atom is 0.295 e. The number of nitro groups is 1. The summed E-state index contributed by atoms with van der Waals surface area (Å²) in [6, 6.07) is 9.54. The van der Waals surface area contributed by atoms with Gasteiger partial charge in [0.25, 0.3) is 17.4 Å². The van der Waals surface area contributed by atoms with Crippen molar-refractivity contribution in [3.8, 4) is 5.75 Å². The molecule has 0 aromatic heterocycles. The molecule has 0 radical (unpaired) electrons. The highest BCUT2D eigenvalue weighted by Gasteiger charge is 2.46. The number of carbonyl (C=O) groups excluding carboxylic acids is 2. The summed E-state index contributed by atoms with van der Waals surface area (Å²) in [4.78, 5) is 37.6. The van der Waals surface area contributed by atoms with Crippen molar-refractivity contribution in [2.45, 2.75) is 13.0 Å². The lowest BCUT2D eigenvalue weighted by Crippen LogP contribution is -2.32. The number of Topliss-reactive ketones (excluding diaryl/α,β-unsaturated/α-hetero) is 1. The van der Waals surface area contributed by atoms with Crippen molar-refractivity contribution in [1.82, 2.24) is 4.90 Å². The van der Waals surface area contributed by atoms with Crippen molar-refractivity contribution < 1.29 is 29.1 Å². The summed E-state index contributed by atoms with van der Waals surface area (Å²) >= 11 is 0. The van der Waals surface area contributed by atoms with Crippen LogP contribution in [0.2, 0.25) is 0 Å². The molecule has 1 amide bonds. The molecule has 1 aliphatic heterocycles. The van der Waals surface area contributed by atoms with Gasteiger partial charge in [-0.1, -0.05) is 12.1 Å². The fourth-order valence-corrected chi connectivity index (χ4v) is 3.64. The van der Waals surface area contributed by atoms with E-state index in [0.717, 1.165) is 5.56 Å². The van der Waals surface area contributed by atoms with E-state index in [0.29, 0.717) is 16.9 Å². The average Bonchev–Trinajstić information content (AvgIpc) is 3.01. The largest absolute Gasteiger partial charge is 0.507 e. The Morgan fingerprint density at radius 1 is 1.19 bits per heavy atom. The summed E-state index contributed by atoms with van der Waals surface area (Å²) in [6.45, 7) is 2.01. The number of hydrogen-bond donors (Lipinski definition) is 1. The number of ketones is 1. The molecule has 0 bridgehead atoms. The van der Waals surface area contributed by atoms with Gasteiger partial charge in [-0.3, -0.25) is 19.7 Å². The van der Waals surface area contributed by atoms with Crippen LogP contribution in [0.1, 0.15) is 22.7 Å². The zero-order chi connectivity index (χ0) is 22.7. The molecule has 1 saturated heterocycles. The van der Waals surface area contributed by atoms with Crippen LogP contribution in [0.3, 0.4) is 0 Å². The number of amides is 1. The number of nitro benzene ring substituents is 1. The molecular formula is C22H22N2O7. The first kappa shape index (κ1) is 22.0. The number of ether oxygens (including phenoxy) is 2. The fourth-order valence-electron chi connectivity index (χ4n) is 3.64. The normalized spacial score (nSPS) is 17.8. The summed E-state index contributed by atoms with van der Waals surface area (Å²) in [7, 11) is 2.98. The standard InChI is InChI=1S/C22H22N2O7/c1-13-11-15(7-8-17(13)31-3)20(25)18-19(14-5-4-6-16(12-14)24(28)29)23(9-10-30-2)22(27)21(18)26/h4-8,11-12,19,25H,9-10H2,1-3H3/t19-/m0/s1. The first-order chi connectivity index (χ1) is 14.8. The smallest absolute Gasteiger partial charge is 0.295 e. The Morgan fingerprint density at radius 2 is 1.94 bits per heavy atom. The molecule has 2 aromatic carbocycles. The number of carbonyl (C=O) groups is 2. The van der Waals surface area contributed by atoms with Crippen molar-refractivity contribution in [2.24, 2.45) is 0 Å². The minimum absolute atomic E-state index is 0.0762. The van der Waals surface area contributed by atoms with Crippen LogP contribution >= 0.6 is 0 Å². The molecule has 0 spiro atoms. The van der Waals surface area contributed by atoms with Crippen molar-refractivity contribution in [3.63, 3.8) is 0 Å². The van der Waals surface area contributed by atoms with Crippen LogP contribution in [0.5, 0.6) is 5.75 Å². The van der Waals surface area contributed by atoms with E-state index >= 15 is 0 Å². The quantitative estimate of drug-likeness (QED) is 0.238. The van der Waals surface area contributed by atoms with E-state index < -0.39 is 22.7 Å². The van der Waals surface area contributed by atoms with E-state index in [4.69, 9.17) is 9.47 Å². The second-order valence-corrected chi connectivity index (χ2v) is 7.02. The fraction of sp³-hybridized carbons (Fsp3) is 0.273. The molecule has 162 valence electrons. The number of rotatable bonds is 7. The molecule has 3 rings (SSSR count). The second kappa shape index (κ2) is 8.97. The first-order valence-electron chi connectivity index (χ1n) is 9.46. The SMILES string of the molecule is COCCN1C(=O)C(=O)C(=C(O)c2ccc(OC)c(C)c2)[C@@H]1c1cccc([N+](=O)[O-])c1. The molecule has 31 heavy (non-hydrogen) atoms. The molecule has 1 atom stereocenters. The van der Waals surface area contributed by atoms with Gasteiger partial charge in [-0.25, -0.2) is 0 Å². The topological polar surface area (TPSA) is 119 Å². The van der Waals surface area contributed by atoms with Crippen LogP contribution in [0.15, 0.2) is 48.0 Å². The van der Waals surface area contributed by atoms with Gasteiger partial charge in [-0.15, -0.1) is 0 Å². The van der Waals surface area contributed by atoms with E-state index in [-0.39, 0.29) is 30.2 Å². The number of non-ortho nitro benzene ring substituents is 1. The summed E-state index contributed by atoms with van der Waals surface area (Å²) < 4.78 is 10.3. The first-order valence-corrected chi connectivity index (χ1v) is 9.46. The van der Waals surface area contributed by atoms with E-state index in [1.165, 1.54) is 37.3 Å². The Labute approximate surface area is 178 Å². The number of hydrogen-bond acceptors (Lipinski definition) is 7. The minimum Gasteiger partial charge on any atom is -0.507 e. The molecule has 2 aromatic rings. The number of likely N-dealkylation sites (tertiary alicyclic amines) is 1. The number of methoxy groups -OCH3 is 2. The zero-order valence-corrected chi connectivity index (χ0v) is 17.3. The monoisotopic (exact) mass is 426 g/mol. The summed E-state index contributed by atoms with van der Waals surface area (Å²) in [5, 5.41) is 22.3. The van der Waals surface area contributed by atoms with E-state index in [9.17, 15) is 24.8 Å². The highest BCUT2D eigenvalue weighted by Crippen LogP contribution is 2.40. The highest BCUT2D eigenvalue weighted by molar-refractivity contribution is 6.46. The summed E-state index contributed by atoms with van der Waals surface area (Å²) in [5.74, 6) is -1.42. The molecule has 1 fully saturated rings. The molecule has 1 N–H and O–H groups in total. The minimum atomic E-state index is -0.988. The predicted molar refractivity (Wildman–Crippen MR) is 112 cm³/mol. The summed E-state index contributed by atoms with van der Waals surface area (Å²) in [5.41, 5.74) is 1.09. The molecular weight excluding hydrogens is 404 g/mol. The molecule has 1 heterocycles. The van der Waals surface area contributed by atoms with Crippen LogP contribution in [-0.4, -0.2) is 54.0 Å². The van der Waals surface area contributed by atoms with Crippen molar-refractivity contribution in [3.05, 3.63) is 74.8 Å². The molecule has 9 heteroatoms. The van der Waals surface area contributed by atoms with Gasteiger partial charge in [0, 0.05) is 31.4 Å². The van der Waals surface area contributed by atoms with Crippen LogP contribution < -0.4 is 4.74 Å². The number of aryl methyl sites for hydroxylation is 1. The van der Waals surface area contributed by atoms with Gasteiger partial charge in [0.15, 0.2) is 0 Å². The van der Waals surface area contributed by atoms with E-state index in [2.05, 4.69) is 0 Å². The van der Waals surface area contributed by atoms with Crippen molar-refractivity contribution in [1.29, 1.82) is 0 Å². The van der Waals surface area contributed by atoms with E-state index in [1.807, 2.05) is 0 Å². The average molecular weight is 426 g/mol. The number of nitrogens with zero attached hydrogens (tertiary/aromatic N) is 2. The van der Waals surface area contributed by atoms with Gasteiger partial charge < -0.3 is 19.5 Å². The number of aliphatic hydroxyl groups is 1. The third-order valence-electron chi connectivity index (χ3n) is 5.14. The maximum absolute atomic E-state index is 12.9. The van der Waals surface area contributed by atoms with Crippen LogP contribution in [0.25, 0.3) is 5.76 Å². The number of benzene rings is 2. The van der Waals surface area contributed by atoms with Crippen molar-refractivity contribution >= 4 is 23.1 Å². The lowest BCUT2D eigenvalue weighted by molar-refractivity contribution is -0.384. The molecule has 0 unspecified atom stereocenters. The summed E-state index contributed by atoms with van der Waals surface area (Å²) in [6.07, 6.45) is 0. The van der Waals surface area contributed by atoms with Crippen LogP contribution in [-0.2, 0) is 14.3 Å². The maximum atomic E-state index is 12.9.